The van der Waals surface area contributed by atoms with Crippen LogP contribution in [0.3, 0.4) is 0 Å². The highest BCUT2D eigenvalue weighted by Gasteiger charge is 2.41. The van der Waals surface area contributed by atoms with Crippen LogP contribution in [0.2, 0.25) is 0 Å². The molecule has 1 fully saturated rings. The maximum atomic E-state index is 12.5. The largest absolute Gasteiger partial charge is 0.347 e. The fourth-order valence-corrected chi connectivity index (χ4v) is 3.65. The van der Waals surface area contributed by atoms with Crippen LogP contribution >= 0.6 is 0 Å². The first-order chi connectivity index (χ1) is 10.7. The lowest BCUT2D eigenvalue weighted by Crippen LogP contribution is -2.38. The molecular formula is C18H21N3O. The van der Waals surface area contributed by atoms with Gasteiger partial charge in [0.1, 0.15) is 0 Å². The van der Waals surface area contributed by atoms with Crippen LogP contribution < -0.4 is 5.32 Å². The lowest BCUT2D eigenvalue weighted by molar-refractivity contribution is -0.123. The van der Waals surface area contributed by atoms with Crippen molar-refractivity contribution >= 4 is 5.91 Å². The number of aryl methyl sites for hydroxylation is 1. The van der Waals surface area contributed by atoms with Gasteiger partial charge in [0, 0.05) is 18.3 Å². The highest BCUT2D eigenvalue weighted by Crippen LogP contribution is 2.41. The van der Waals surface area contributed by atoms with Gasteiger partial charge in [-0.05, 0) is 36.3 Å². The van der Waals surface area contributed by atoms with Crippen LogP contribution in [0, 0.1) is 11.8 Å². The zero-order valence-corrected chi connectivity index (χ0v) is 12.8. The first-order valence-corrected chi connectivity index (χ1v) is 8.09. The third-order valence-electron chi connectivity index (χ3n) is 5.14. The monoisotopic (exact) mass is 295 g/mol. The lowest BCUT2D eigenvalue weighted by Gasteiger charge is -2.35. The van der Waals surface area contributed by atoms with Gasteiger partial charge in [-0.3, -0.25) is 4.79 Å². The van der Waals surface area contributed by atoms with Gasteiger partial charge in [0.15, 0.2) is 0 Å². The van der Waals surface area contributed by atoms with Crippen molar-refractivity contribution in [2.24, 2.45) is 11.8 Å². The predicted octanol–water partition coefficient (Wildman–Crippen LogP) is 2.88. The van der Waals surface area contributed by atoms with E-state index in [9.17, 15) is 4.79 Å². The van der Waals surface area contributed by atoms with E-state index in [4.69, 9.17) is 0 Å². The van der Waals surface area contributed by atoms with Gasteiger partial charge in [0.2, 0.25) is 5.91 Å². The molecule has 4 heteroatoms. The van der Waals surface area contributed by atoms with E-state index in [1.165, 1.54) is 11.1 Å². The fraction of sp³-hybridized carbons (Fsp3) is 0.444. The minimum atomic E-state index is 0.0412. The maximum absolute atomic E-state index is 12.5. The van der Waals surface area contributed by atoms with Crippen LogP contribution in [-0.2, 0) is 11.2 Å². The summed E-state index contributed by atoms with van der Waals surface area (Å²) in [6, 6.07) is 8.76. The van der Waals surface area contributed by atoms with Gasteiger partial charge in [-0.25, -0.2) is 4.98 Å². The van der Waals surface area contributed by atoms with Gasteiger partial charge in [-0.2, -0.15) is 0 Å². The van der Waals surface area contributed by atoms with E-state index in [0.717, 1.165) is 19.3 Å². The average molecular weight is 295 g/mol. The minimum absolute atomic E-state index is 0.0412. The lowest BCUT2D eigenvalue weighted by atomic mass is 9.83. The van der Waals surface area contributed by atoms with Crippen LogP contribution in [0.5, 0.6) is 0 Å². The number of carbonyl (C=O) groups excluding carboxylic acids is 1. The SMILES string of the molecule is CC1CC1C(=O)NC1c2ccccc2CCC1n1ccnc1. The summed E-state index contributed by atoms with van der Waals surface area (Å²) in [4.78, 5) is 16.6. The van der Waals surface area contributed by atoms with Crippen LogP contribution in [0.1, 0.15) is 43.0 Å². The number of amides is 1. The molecule has 1 N–H and O–H groups in total. The number of nitrogens with one attached hydrogen (secondary N) is 1. The number of hydrogen-bond acceptors (Lipinski definition) is 2. The Balaban J connectivity index is 1.66. The van der Waals surface area contributed by atoms with Gasteiger partial charge in [0.05, 0.1) is 18.4 Å². The first-order valence-electron chi connectivity index (χ1n) is 8.09. The average Bonchev–Trinajstić information content (AvgIpc) is 3.04. The highest BCUT2D eigenvalue weighted by molar-refractivity contribution is 5.82. The molecule has 2 aliphatic carbocycles. The van der Waals surface area contributed by atoms with E-state index in [-0.39, 0.29) is 23.9 Å². The van der Waals surface area contributed by atoms with Crippen molar-refractivity contribution in [3.63, 3.8) is 0 Å². The molecule has 4 unspecified atom stereocenters. The van der Waals surface area contributed by atoms with Gasteiger partial charge >= 0.3 is 0 Å². The number of nitrogens with zero attached hydrogens (tertiary/aromatic N) is 2. The molecule has 2 aromatic rings. The number of hydrogen-bond donors (Lipinski definition) is 1. The highest BCUT2D eigenvalue weighted by atomic mass is 16.2. The number of benzene rings is 1. The number of rotatable bonds is 3. The molecule has 1 saturated carbocycles. The fourth-order valence-electron chi connectivity index (χ4n) is 3.65. The summed E-state index contributed by atoms with van der Waals surface area (Å²) in [5.74, 6) is 0.947. The molecule has 0 spiro atoms. The molecule has 22 heavy (non-hydrogen) atoms. The van der Waals surface area contributed by atoms with Crippen molar-refractivity contribution in [2.75, 3.05) is 0 Å². The third kappa shape index (κ3) is 2.32. The second kappa shape index (κ2) is 5.27. The molecule has 1 amide bonds. The standard InChI is InChI=1S/C18H21N3O/c1-12-10-15(12)18(22)20-17-14-5-3-2-4-13(14)6-7-16(17)21-9-8-19-11-21/h2-5,8-9,11-12,15-17H,6-7,10H2,1H3,(H,20,22). The van der Waals surface area contributed by atoms with E-state index in [2.05, 4.69) is 46.1 Å². The van der Waals surface area contributed by atoms with Crippen LogP contribution in [0.15, 0.2) is 43.0 Å². The van der Waals surface area contributed by atoms with E-state index in [0.29, 0.717) is 5.92 Å². The number of fused-ring (bicyclic) bond motifs is 1. The summed E-state index contributed by atoms with van der Waals surface area (Å²) in [6.07, 6.45) is 8.76. The molecule has 0 radical (unpaired) electrons. The van der Waals surface area contributed by atoms with E-state index < -0.39 is 0 Å². The predicted molar refractivity (Wildman–Crippen MR) is 84.2 cm³/mol. The molecule has 4 rings (SSSR count). The van der Waals surface area contributed by atoms with Crippen molar-refractivity contribution in [1.82, 2.24) is 14.9 Å². The second-order valence-corrected chi connectivity index (χ2v) is 6.62. The molecule has 2 aliphatic rings. The van der Waals surface area contributed by atoms with Crippen LogP contribution in [0.4, 0.5) is 0 Å². The van der Waals surface area contributed by atoms with Crippen molar-refractivity contribution < 1.29 is 4.79 Å². The quantitative estimate of drug-likeness (QED) is 0.946. The molecule has 1 aromatic carbocycles. The molecular weight excluding hydrogens is 274 g/mol. The van der Waals surface area contributed by atoms with Gasteiger partial charge in [0.25, 0.3) is 0 Å². The number of carbonyl (C=O) groups is 1. The van der Waals surface area contributed by atoms with Crippen LogP contribution in [0.25, 0.3) is 0 Å². The summed E-state index contributed by atoms with van der Waals surface area (Å²) in [5.41, 5.74) is 2.61. The summed E-state index contributed by atoms with van der Waals surface area (Å²) in [6.45, 7) is 2.15. The third-order valence-corrected chi connectivity index (χ3v) is 5.14. The Bertz CT molecular complexity index is 679. The number of imidazole rings is 1. The molecule has 1 heterocycles. The molecule has 0 saturated heterocycles. The van der Waals surface area contributed by atoms with Gasteiger partial charge in [-0.15, -0.1) is 0 Å². The Kier molecular flexibility index (Phi) is 3.25. The van der Waals surface area contributed by atoms with Gasteiger partial charge < -0.3 is 9.88 Å². The zero-order valence-electron chi connectivity index (χ0n) is 12.8. The topological polar surface area (TPSA) is 46.9 Å². The Labute approximate surface area is 130 Å². The molecule has 0 aliphatic heterocycles. The molecule has 4 nitrogen and oxygen atoms in total. The van der Waals surface area contributed by atoms with E-state index in [1.54, 1.807) is 0 Å². The maximum Gasteiger partial charge on any atom is 0.223 e. The van der Waals surface area contributed by atoms with E-state index >= 15 is 0 Å². The minimum Gasteiger partial charge on any atom is -0.347 e. The number of aromatic nitrogens is 2. The smallest absolute Gasteiger partial charge is 0.223 e. The molecule has 4 atom stereocenters. The Hall–Kier alpha value is -2.10. The zero-order chi connectivity index (χ0) is 15.1. The summed E-state index contributed by atoms with van der Waals surface area (Å²) < 4.78 is 2.14. The van der Waals surface area contributed by atoms with Crippen molar-refractivity contribution in [1.29, 1.82) is 0 Å². The normalized spacial score (nSPS) is 29.7. The first kappa shape index (κ1) is 13.6. The Morgan fingerprint density at radius 3 is 2.91 bits per heavy atom. The molecule has 114 valence electrons. The van der Waals surface area contributed by atoms with Crippen molar-refractivity contribution in [3.05, 3.63) is 54.1 Å². The van der Waals surface area contributed by atoms with Gasteiger partial charge in [-0.1, -0.05) is 31.2 Å². The van der Waals surface area contributed by atoms with Crippen molar-refractivity contribution in [3.8, 4) is 0 Å². The van der Waals surface area contributed by atoms with Crippen molar-refractivity contribution in [2.45, 2.75) is 38.3 Å². The van der Waals surface area contributed by atoms with Crippen LogP contribution in [-0.4, -0.2) is 15.5 Å². The summed E-state index contributed by atoms with van der Waals surface area (Å²) >= 11 is 0. The Morgan fingerprint density at radius 2 is 2.18 bits per heavy atom. The second-order valence-electron chi connectivity index (χ2n) is 6.62. The summed E-state index contributed by atoms with van der Waals surface area (Å²) in [7, 11) is 0. The molecule has 0 bridgehead atoms. The Morgan fingerprint density at radius 1 is 1.36 bits per heavy atom. The summed E-state index contributed by atoms with van der Waals surface area (Å²) in [5, 5.41) is 3.32. The van der Waals surface area contributed by atoms with E-state index in [1.807, 2.05) is 18.7 Å². The molecule has 1 aromatic heterocycles.